The van der Waals surface area contributed by atoms with Crippen LogP contribution in [0.3, 0.4) is 0 Å². The van der Waals surface area contributed by atoms with E-state index in [0.717, 1.165) is 32.5 Å². The van der Waals surface area contributed by atoms with E-state index in [1.807, 2.05) is 4.90 Å². The number of hydrogen-bond acceptors (Lipinski definition) is 1. The van der Waals surface area contributed by atoms with Crippen LogP contribution in [0.25, 0.3) is 0 Å². The first-order valence-electron chi connectivity index (χ1n) is 7.29. The maximum Gasteiger partial charge on any atom is 0.317 e. The topological polar surface area (TPSA) is 32.3 Å². The van der Waals surface area contributed by atoms with Crippen molar-refractivity contribution in [3.05, 3.63) is 0 Å². The standard InChI is InChI=1S/C14H26N2O/c1-2-3-10-15-13(17)16-11-8-14(9-12-16)6-4-5-7-14/h2-12H2,1H3,(H,15,17). The van der Waals surface area contributed by atoms with E-state index in [9.17, 15) is 4.79 Å². The zero-order chi connectivity index (χ0) is 12.1. The highest BCUT2D eigenvalue weighted by Gasteiger charge is 2.37. The van der Waals surface area contributed by atoms with Gasteiger partial charge in [0.05, 0.1) is 0 Å². The number of rotatable bonds is 3. The Morgan fingerprint density at radius 2 is 1.82 bits per heavy atom. The zero-order valence-electron chi connectivity index (χ0n) is 11.1. The first-order chi connectivity index (χ1) is 8.26. The Morgan fingerprint density at radius 1 is 1.18 bits per heavy atom. The normalized spacial score (nSPS) is 23.0. The Labute approximate surface area is 105 Å². The van der Waals surface area contributed by atoms with Gasteiger partial charge in [-0.15, -0.1) is 0 Å². The summed E-state index contributed by atoms with van der Waals surface area (Å²) >= 11 is 0. The fraction of sp³-hybridized carbons (Fsp3) is 0.929. The molecule has 2 rings (SSSR count). The van der Waals surface area contributed by atoms with Gasteiger partial charge in [-0.1, -0.05) is 26.2 Å². The summed E-state index contributed by atoms with van der Waals surface area (Å²) in [5.74, 6) is 0. The highest BCUT2D eigenvalue weighted by molar-refractivity contribution is 5.74. The molecule has 0 unspecified atom stereocenters. The van der Waals surface area contributed by atoms with Crippen LogP contribution < -0.4 is 5.32 Å². The molecule has 0 aromatic carbocycles. The predicted octanol–water partition coefficient (Wildman–Crippen LogP) is 3.15. The van der Waals surface area contributed by atoms with E-state index in [1.165, 1.54) is 38.5 Å². The molecule has 17 heavy (non-hydrogen) atoms. The fourth-order valence-electron chi connectivity index (χ4n) is 3.29. The minimum Gasteiger partial charge on any atom is -0.338 e. The molecule has 0 radical (unpaired) electrons. The van der Waals surface area contributed by atoms with Gasteiger partial charge in [-0.2, -0.15) is 0 Å². The lowest BCUT2D eigenvalue weighted by molar-refractivity contribution is 0.121. The van der Waals surface area contributed by atoms with Crippen LogP contribution in [-0.4, -0.2) is 30.6 Å². The number of urea groups is 1. The van der Waals surface area contributed by atoms with Crippen molar-refractivity contribution in [1.29, 1.82) is 0 Å². The first-order valence-corrected chi connectivity index (χ1v) is 7.29. The Kier molecular flexibility index (Phi) is 4.30. The second-order valence-corrected chi connectivity index (χ2v) is 5.78. The van der Waals surface area contributed by atoms with Crippen LogP contribution in [0.5, 0.6) is 0 Å². The number of unbranched alkanes of at least 4 members (excludes halogenated alkanes) is 1. The van der Waals surface area contributed by atoms with E-state index in [0.29, 0.717) is 5.41 Å². The van der Waals surface area contributed by atoms with Crippen LogP contribution >= 0.6 is 0 Å². The summed E-state index contributed by atoms with van der Waals surface area (Å²) in [5, 5.41) is 3.02. The molecule has 1 saturated carbocycles. The van der Waals surface area contributed by atoms with Gasteiger partial charge in [-0.05, 0) is 37.5 Å². The molecule has 1 N–H and O–H groups in total. The van der Waals surface area contributed by atoms with E-state index in [-0.39, 0.29) is 6.03 Å². The van der Waals surface area contributed by atoms with Crippen molar-refractivity contribution in [1.82, 2.24) is 10.2 Å². The number of hydrogen-bond donors (Lipinski definition) is 1. The summed E-state index contributed by atoms with van der Waals surface area (Å²) in [6.45, 7) is 4.92. The molecule has 2 fully saturated rings. The molecule has 0 aromatic heterocycles. The van der Waals surface area contributed by atoms with Crippen LogP contribution in [-0.2, 0) is 0 Å². The van der Waals surface area contributed by atoms with Crippen LogP contribution in [0.15, 0.2) is 0 Å². The number of carbonyl (C=O) groups excluding carboxylic acids is 1. The van der Waals surface area contributed by atoms with Crippen LogP contribution in [0.2, 0.25) is 0 Å². The van der Waals surface area contributed by atoms with Crippen molar-refractivity contribution < 1.29 is 4.79 Å². The van der Waals surface area contributed by atoms with Gasteiger partial charge in [0.25, 0.3) is 0 Å². The van der Waals surface area contributed by atoms with Crippen LogP contribution in [0, 0.1) is 5.41 Å². The van der Waals surface area contributed by atoms with Crippen molar-refractivity contribution in [3.8, 4) is 0 Å². The van der Waals surface area contributed by atoms with Crippen molar-refractivity contribution in [3.63, 3.8) is 0 Å². The molecule has 1 spiro atoms. The Balaban J connectivity index is 1.72. The van der Waals surface area contributed by atoms with E-state index >= 15 is 0 Å². The summed E-state index contributed by atoms with van der Waals surface area (Å²) < 4.78 is 0. The van der Waals surface area contributed by atoms with Gasteiger partial charge in [0.15, 0.2) is 0 Å². The van der Waals surface area contributed by atoms with Crippen molar-refractivity contribution in [2.24, 2.45) is 5.41 Å². The third-order valence-corrected chi connectivity index (χ3v) is 4.58. The molecule has 0 aromatic rings. The van der Waals surface area contributed by atoms with Gasteiger partial charge >= 0.3 is 6.03 Å². The second kappa shape index (κ2) is 5.74. The average molecular weight is 238 g/mol. The number of piperidine rings is 1. The summed E-state index contributed by atoms with van der Waals surface area (Å²) in [6, 6.07) is 0.159. The van der Waals surface area contributed by atoms with Gasteiger partial charge in [-0.25, -0.2) is 4.79 Å². The van der Waals surface area contributed by atoms with Gasteiger partial charge in [0, 0.05) is 19.6 Å². The minimum atomic E-state index is 0.159. The summed E-state index contributed by atoms with van der Waals surface area (Å²) in [7, 11) is 0. The quantitative estimate of drug-likeness (QED) is 0.753. The lowest BCUT2D eigenvalue weighted by Gasteiger charge is -2.39. The van der Waals surface area contributed by atoms with Gasteiger partial charge in [0.2, 0.25) is 0 Å². The van der Waals surface area contributed by atoms with E-state index in [4.69, 9.17) is 0 Å². The SMILES string of the molecule is CCCCNC(=O)N1CCC2(CCCC2)CC1. The molecular formula is C14H26N2O. The molecule has 1 aliphatic carbocycles. The molecule has 1 aliphatic heterocycles. The molecule has 98 valence electrons. The molecule has 3 heteroatoms. The third kappa shape index (κ3) is 3.14. The van der Waals surface area contributed by atoms with E-state index in [2.05, 4.69) is 12.2 Å². The van der Waals surface area contributed by atoms with E-state index < -0.39 is 0 Å². The predicted molar refractivity (Wildman–Crippen MR) is 70.0 cm³/mol. The Bertz CT molecular complexity index is 249. The highest BCUT2D eigenvalue weighted by Crippen LogP contribution is 2.45. The molecule has 2 aliphatic rings. The molecule has 1 saturated heterocycles. The summed E-state index contributed by atoms with van der Waals surface area (Å²) in [4.78, 5) is 13.9. The molecule has 0 atom stereocenters. The smallest absolute Gasteiger partial charge is 0.317 e. The second-order valence-electron chi connectivity index (χ2n) is 5.78. The number of nitrogens with zero attached hydrogens (tertiary/aromatic N) is 1. The maximum absolute atomic E-state index is 11.9. The summed E-state index contributed by atoms with van der Waals surface area (Å²) in [5.41, 5.74) is 0.611. The van der Waals surface area contributed by atoms with Crippen LogP contribution in [0.1, 0.15) is 58.3 Å². The van der Waals surface area contributed by atoms with Gasteiger partial charge in [0.1, 0.15) is 0 Å². The van der Waals surface area contributed by atoms with Crippen LogP contribution in [0.4, 0.5) is 4.79 Å². The lowest BCUT2D eigenvalue weighted by atomic mass is 9.77. The van der Waals surface area contributed by atoms with Crippen molar-refractivity contribution >= 4 is 6.03 Å². The Morgan fingerprint density at radius 3 is 2.41 bits per heavy atom. The third-order valence-electron chi connectivity index (χ3n) is 4.58. The molecule has 0 bridgehead atoms. The highest BCUT2D eigenvalue weighted by atomic mass is 16.2. The largest absolute Gasteiger partial charge is 0.338 e. The number of likely N-dealkylation sites (tertiary alicyclic amines) is 1. The zero-order valence-corrected chi connectivity index (χ0v) is 11.1. The number of nitrogens with one attached hydrogen (secondary N) is 1. The van der Waals surface area contributed by atoms with Gasteiger partial charge < -0.3 is 10.2 Å². The van der Waals surface area contributed by atoms with Gasteiger partial charge in [-0.3, -0.25) is 0 Å². The van der Waals surface area contributed by atoms with Crippen molar-refractivity contribution in [2.75, 3.05) is 19.6 Å². The lowest BCUT2D eigenvalue weighted by Crippen LogP contribution is -2.47. The first kappa shape index (κ1) is 12.7. The minimum absolute atomic E-state index is 0.159. The molecular weight excluding hydrogens is 212 g/mol. The fourth-order valence-corrected chi connectivity index (χ4v) is 3.29. The molecule has 2 amide bonds. The summed E-state index contributed by atoms with van der Waals surface area (Å²) in [6.07, 6.45) is 10.3. The maximum atomic E-state index is 11.9. The van der Waals surface area contributed by atoms with Crippen molar-refractivity contribution in [2.45, 2.75) is 58.3 Å². The average Bonchev–Trinajstić information content (AvgIpc) is 2.79. The number of amides is 2. The number of carbonyl (C=O) groups is 1. The molecule has 1 heterocycles. The Hall–Kier alpha value is -0.730. The monoisotopic (exact) mass is 238 g/mol. The molecule has 3 nitrogen and oxygen atoms in total. The van der Waals surface area contributed by atoms with E-state index in [1.54, 1.807) is 0 Å².